The summed E-state index contributed by atoms with van der Waals surface area (Å²) in [5, 5.41) is -0.274. The van der Waals surface area contributed by atoms with E-state index < -0.39 is 18.1 Å². The SMILES string of the molecule is COC(=O)c1c(I)cc(C(F)F)nc1Cl. The van der Waals surface area contributed by atoms with Gasteiger partial charge in [0.15, 0.2) is 0 Å². The molecule has 3 nitrogen and oxygen atoms in total. The van der Waals surface area contributed by atoms with Gasteiger partial charge in [-0.1, -0.05) is 11.6 Å². The molecule has 0 atom stereocenters. The van der Waals surface area contributed by atoms with E-state index in [1.165, 1.54) is 7.11 Å². The fourth-order valence-corrected chi connectivity index (χ4v) is 2.13. The molecule has 1 heterocycles. The number of methoxy groups -OCH3 is 1. The zero-order valence-electron chi connectivity index (χ0n) is 7.43. The molecule has 1 aromatic rings. The molecule has 0 fully saturated rings. The van der Waals surface area contributed by atoms with E-state index in [1.807, 2.05) is 0 Å². The summed E-state index contributed by atoms with van der Waals surface area (Å²) < 4.78 is 29.3. The maximum atomic E-state index is 12.3. The van der Waals surface area contributed by atoms with Gasteiger partial charge < -0.3 is 4.74 Å². The number of ether oxygens (including phenoxy) is 1. The zero-order chi connectivity index (χ0) is 11.6. The minimum atomic E-state index is -2.72. The average Bonchev–Trinajstić information content (AvgIpc) is 2.16. The molecule has 1 aromatic heterocycles. The molecule has 1 rings (SSSR count). The molecule has 82 valence electrons. The number of pyridine rings is 1. The maximum Gasteiger partial charge on any atom is 0.342 e. The van der Waals surface area contributed by atoms with Crippen LogP contribution in [-0.4, -0.2) is 18.1 Å². The average molecular weight is 347 g/mol. The Bertz CT molecular complexity index is 377. The lowest BCUT2D eigenvalue weighted by Crippen LogP contribution is -2.07. The van der Waals surface area contributed by atoms with Gasteiger partial charge in [-0.3, -0.25) is 0 Å². The Kier molecular flexibility index (Phi) is 4.21. The lowest BCUT2D eigenvalue weighted by Gasteiger charge is -2.06. The molecule has 0 radical (unpaired) electrons. The van der Waals surface area contributed by atoms with Crippen LogP contribution >= 0.6 is 34.2 Å². The zero-order valence-corrected chi connectivity index (χ0v) is 10.3. The number of rotatable bonds is 2. The summed E-state index contributed by atoms with van der Waals surface area (Å²) in [5.74, 6) is -0.697. The van der Waals surface area contributed by atoms with Crippen molar-refractivity contribution in [1.29, 1.82) is 0 Å². The first-order chi connectivity index (χ1) is 6.97. The van der Waals surface area contributed by atoms with E-state index in [-0.39, 0.29) is 14.3 Å². The lowest BCUT2D eigenvalue weighted by molar-refractivity contribution is 0.0598. The quantitative estimate of drug-likeness (QED) is 0.469. The Labute approximate surface area is 103 Å². The second-order valence-corrected chi connectivity index (χ2v) is 4.01. The second kappa shape index (κ2) is 5.02. The predicted molar refractivity (Wildman–Crippen MR) is 58.3 cm³/mol. The number of halogens is 4. The number of carbonyl (C=O) groups excluding carboxylic acids is 1. The second-order valence-electron chi connectivity index (χ2n) is 2.49. The maximum absolute atomic E-state index is 12.3. The number of alkyl halides is 2. The van der Waals surface area contributed by atoms with Gasteiger partial charge in [-0.15, -0.1) is 0 Å². The van der Waals surface area contributed by atoms with Crippen molar-refractivity contribution in [2.45, 2.75) is 6.43 Å². The fraction of sp³-hybridized carbons (Fsp3) is 0.250. The number of hydrogen-bond donors (Lipinski definition) is 0. The third-order valence-corrected chi connectivity index (χ3v) is 2.68. The molecule has 0 bridgehead atoms. The van der Waals surface area contributed by atoms with E-state index in [1.54, 1.807) is 22.6 Å². The van der Waals surface area contributed by atoms with Crippen LogP contribution < -0.4 is 0 Å². The molecule has 0 aliphatic heterocycles. The van der Waals surface area contributed by atoms with Crippen LogP contribution in [0.1, 0.15) is 22.5 Å². The summed E-state index contributed by atoms with van der Waals surface area (Å²) in [5.41, 5.74) is -0.457. The van der Waals surface area contributed by atoms with Gasteiger partial charge in [-0.25, -0.2) is 18.6 Å². The molecule has 0 spiro atoms. The number of aromatic nitrogens is 1. The molecule has 0 saturated carbocycles. The Balaban J connectivity index is 3.27. The Hall–Kier alpha value is -0.500. The number of hydrogen-bond acceptors (Lipinski definition) is 3. The van der Waals surface area contributed by atoms with Crippen LogP contribution in [0.3, 0.4) is 0 Å². The monoisotopic (exact) mass is 347 g/mol. The van der Waals surface area contributed by atoms with Crippen molar-refractivity contribution >= 4 is 40.2 Å². The van der Waals surface area contributed by atoms with E-state index in [9.17, 15) is 13.6 Å². The van der Waals surface area contributed by atoms with Crippen LogP contribution in [0.2, 0.25) is 5.15 Å². The van der Waals surface area contributed by atoms with E-state index in [2.05, 4.69) is 9.72 Å². The smallest absolute Gasteiger partial charge is 0.342 e. The molecule has 0 aliphatic carbocycles. The Morgan fingerprint density at radius 1 is 1.67 bits per heavy atom. The van der Waals surface area contributed by atoms with Crippen molar-refractivity contribution in [2.24, 2.45) is 0 Å². The van der Waals surface area contributed by atoms with Crippen LogP contribution in [0.25, 0.3) is 0 Å². The molecule has 7 heteroatoms. The number of carbonyl (C=O) groups is 1. The van der Waals surface area contributed by atoms with Crippen LogP contribution in [0.4, 0.5) is 8.78 Å². The molecule has 0 aliphatic rings. The minimum Gasteiger partial charge on any atom is -0.465 e. The fourth-order valence-electron chi connectivity index (χ4n) is 0.898. The molecule has 15 heavy (non-hydrogen) atoms. The lowest BCUT2D eigenvalue weighted by atomic mass is 10.2. The van der Waals surface area contributed by atoms with Gasteiger partial charge in [0, 0.05) is 3.57 Å². The summed E-state index contributed by atoms with van der Waals surface area (Å²) in [6.45, 7) is 0. The highest BCUT2D eigenvalue weighted by Gasteiger charge is 2.20. The molecular formula is C8H5ClF2INO2. The van der Waals surface area contributed by atoms with Gasteiger partial charge in [0.25, 0.3) is 6.43 Å². The first-order valence-electron chi connectivity index (χ1n) is 3.69. The molecule has 0 saturated heterocycles. The van der Waals surface area contributed by atoms with Crippen LogP contribution in [0.15, 0.2) is 6.07 Å². The normalized spacial score (nSPS) is 10.5. The molecule has 0 N–H and O–H groups in total. The minimum absolute atomic E-state index is 0.00386. The Morgan fingerprint density at radius 3 is 2.67 bits per heavy atom. The third-order valence-electron chi connectivity index (χ3n) is 1.56. The van der Waals surface area contributed by atoms with Crippen molar-refractivity contribution in [1.82, 2.24) is 4.98 Å². The predicted octanol–water partition coefficient (Wildman–Crippen LogP) is 3.06. The molecular weight excluding hydrogens is 342 g/mol. The van der Waals surface area contributed by atoms with Gasteiger partial charge in [-0.05, 0) is 28.7 Å². The van der Waals surface area contributed by atoms with Gasteiger partial charge in [0.2, 0.25) is 0 Å². The number of esters is 1. The topological polar surface area (TPSA) is 39.2 Å². The molecule has 0 aromatic carbocycles. The van der Waals surface area contributed by atoms with Crippen LogP contribution in [0, 0.1) is 3.57 Å². The highest BCUT2D eigenvalue weighted by molar-refractivity contribution is 14.1. The number of nitrogens with zero attached hydrogens (tertiary/aromatic N) is 1. The van der Waals surface area contributed by atoms with E-state index in [0.29, 0.717) is 0 Å². The summed E-state index contributed by atoms with van der Waals surface area (Å²) in [6, 6.07) is 1.10. The first-order valence-corrected chi connectivity index (χ1v) is 5.15. The molecule has 0 unspecified atom stereocenters. The van der Waals surface area contributed by atoms with Crippen LogP contribution in [0.5, 0.6) is 0 Å². The van der Waals surface area contributed by atoms with Crippen molar-refractivity contribution in [2.75, 3.05) is 7.11 Å². The standard InChI is InChI=1S/C8H5ClF2INO2/c1-15-8(14)5-3(12)2-4(7(10)11)13-6(5)9/h2,7H,1H3. The van der Waals surface area contributed by atoms with Crippen molar-refractivity contribution in [3.63, 3.8) is 0 Å². The van der Waals surface area contributed by atoms with E-state index in [4.69, 9.17) is 11.6 Å². The summed E-state index contributed by atoms with van der Waals surface area (Å²) in [7, 11) is 1.18. The van der Waals surface area contributed by atoms with Gasteiger partial charge in [0.05, 0.1) is 7.11 Å². The van der Waals surface area contributed by atoms with Crippen molar-refractivity contribution in [3.8, 4) is 0 Å². The first kappa shape index (κ1) is 12.6. The Morgan fingerprint density at radius 2 is 2.27 bits per heavy atom. The van der Waals surface area contributed by atoms with Crippen LogP contribution in [-0.2, 0) is 4.74 Å². The van der Waals surface area contributed by atoms with Crippen molar-refractivity contribution in [3.05, 3.63) is 26.0 Å². The summed E-state index contributed by atoms with van der Waals surface area (Å²) in [6.07, 6.45) is -2.72. The largest absolute Gasteiger partial charge is 0.465 e. The van der Waals surface area contributed by atoms with Gasteiger partial charge in [0.1, 0.15) is 16.4 Å². The van der Waals surface area contributed by atoms with Gasteiger partial charge >= 0.3 is 5.97 Å². The third kappa shape index (κ3) is 2.75. The highest BCUT2D eigenvalue weighted by Crippen LogP contribution is 2.26. The van der Waals surface area contributed by atoms with E-state index >= 15 is 0 Å². The highest BCUT2D eigenvalue weighted by atomic mass is 127. The van der Waals surface area contributed by atoms with E-state index in [0.717, 1.165) is 6.07 Å². The summed E-state index contributed by atoms with van der Waals surface area (Å²) in [4.78, 5) is 14.6. The summed E-state index contributed by atoms with van der Waals surface area (Å²) >= 11 is 7.33. The molecule has 0 amide bonds. The van der Waals surface area contributed by atoms with Crippen molar-refractivity contribution < 1.29 is 18.3 Å². The van der Waals surface area contributed by atoms with Gasteiger partial charge in [-0.2, -0.15) is 0 Å².